The number of aliphatic imine (C=N–C) groups is 1. The van der Waals surface area contributed by atoms with Crippen LogP contribution in [-0.4, -0.2) is 42.6 Å². The highest BCUT2D eigenvalue weighted by Gasteiger charge is 1.98. The van der Waals surface area contributed by atoms with Crippen LogP contribution in [0.15, 0.2) is 23.3 Å². The van der Waals surface area contributed by atoms with E-state index in [4.69, 9.17) is 11.6 Å². The molecule has 1 heterocycles. The zero-order valence-corrected chi connectivity index (χ0v) is 14.4. The summed E-state index contributed by atoms with van der Waals surface area (Å²) in [5.74, 6) is 2.10. The highest BCUT2D eigenvalue weighted by molar-refractivity contribution is 7.98. The Bertz CT molecular complexity index is 409. The van der Waals surface area contributed by atoms with Gasteiger partial charge in [-0.1, -0.05) is 17.7 Å². The van der Waals surface area contributed by atoms with E-state index in [1.54, 1.807) is 0 Å². The number of nitrogens with zero attached hydrogens (tertiary/aromatic N) is 2. The van der Waals surface area contributed by atoms with Gasteiger partial charge >= 0.3 is 0 Å². The van der Waals surface area contributed by atoms with E-state index < -0.39 is 0 Å². The van der Waals surface area contributed by atoms with Crippen LogP contribution in [0.5, 0.6) is 0 Å². The van der Waals surface area contributed by atoms with E-state index >= 15 is 0 Å². The molecule has 6 heteroatoms. The smallest absolute Gasteiger partial charge is 0.191 e. The molecule has 0 amide bonds. The summed E-state index contributed by atoms with van der Waals surface area (Å²) in [7, 11) is 0. The summed E-state index contributed by atoms with van der Waals surface area (Å²) in [5, 5.41) is 7.15. The first-order valence-corrected chi connectivity index (χ1v) is 9.15. The molecule has 1 aromatic rings. The third-order valence-electron chi connectivity index (χ3n) is 2.87. The first-order chi connectivity index (χ1) is 10.3. The van der Waals surface area contributed by atoms with Crippen LogP contribution in [0.3, 0.4) is 0 Å². The number of hydrogen-bond donors (Lipinski definition) is 2. The van der Waals surface area contributed by atoms with Gasteiger partial charge in [-0.3, -0.25) is 4.99 Å². The molecule has 21 heavy (non-hydrogen) atoms. The summed E-state index contributed by atoms with van der Waals surface area (Å²) in [6.07, 6.45) is 7.22. The van der Waals surface area contributed by atoms with Crippen LogP contribution in [0.25, 0.3) is 0 Å². The first kappa shape index (κ1) is 18.1. The monoisotopic (exact) mass is 328 g/mol. The van der Waals surface area contributed by atoms with E-state index in [9.17, 15) is 0 Å². The van der Waals surface area contributed by atoms with Crippen LogP contribution in [0, 0.1) is 0 Å². The Balaban J connectivity index is 2.29. The molecule has 118 valence electrons. The van der Waals surface area contributed by atoms with Gasteiger partial charge in [-0.2, -0.15) is 11.8 Å². The maximum Gasteiger partial charge on any atom is 0.191 e. The van der Waals surface area contributed by atoms with Crippen molar-refractivity contribution in [3.05, 3.63) is 29.0 Å². The number of guanidine groups is 1. The highest BCUT2D eigenvalue weighted by Crippen LogP contribution is 2.05. The number of hydrogen-bond acceptors (Lipinski definition) is 3. The molecular formula is C15H25ClN4S. The molecule has 0 fully saturated rings. The SMILES string of the molecule is CCNC(=NCCCCSC)NCCc1ccc(Cl)nc1. The summed E-state index contributed by atoms with van der Waals surface area (Å²) < 4.78 is 0. The zero-order valence-electron chi connectivity index (χ0n) is 12.9. The molecule has 1 rings (SSSR count). The van der Waals surface area contributed by atoms with Crippen molar-refractivity contribution in [2.75, 3.05) is 31.6 Å². The largest absolute Gasteiger partial charge is 0.357 e. The van der Waals surface area contributed by atoms with E-state index in [2.05, 4.69) is 33.8 Å². The molecule has 0 unspecified atom stereocenters. The fourth-order valence-corrected chi connectivity index (χ4v) is 2.37. The number of nitrogens with one attached hydrogen (secondary N) is 2. The maximum absolute atomic E-state index is 5.77. The van der Waals surface area contributed by atoms with E-state index in [-0.39, 0.29) is 0 Å². The van der Waals surface area contributed by atoms with Crippen LogP contribution < -0.4 is 10.6 Å². The Kier molecular flexibility index (Phi) is 10.1. The van der Waals surface area contributed by atoms with Crippen molar-refractivity contribution in [1.82, 2.24) is 15.6 Å². The number of unbranched alkanes of at least 4 members (excludes halogenated alkanes) is 1. The van der Waals surface area contributed by atoms with Crippen LogP contribution >= 0.6 is 23.4 Å². The Labute approximate surface area is 137 Å². The molecule has 0 atom stereocenters. The summed E-state index contributed by atoms with van der Waals surface area (Å²) in [5.41, 5.74) is 1.17. The molecule has 1 aromatic heterocycles. The van der Waals surface area contributed by atoms with Gasteiger partial charge in [0.15, 0.2) is 5.96 Å². The first-order valence-electron chi connectivity index (χ1n) is 7.37. The quantitative estimate of drug-likeness (QED) is 0.317. The van der Waals surface area contributed by atoms with Crippen molar-refractivity contribution in [1.29, 1.82) is 0 Å². The lowest BCUT2D eigenvalue weighted by Crippen LogP contribution is -2.38. The molecule has 2 N–H and O–H groups in total. The van der Waals surface area contributed by atoms with Crippen molar-refractivity contribution in [3.63, 3.8) is 0 Å². The van der Waals surface area contributed by atoms with Crippen LogP contribution in [0.4, 0.5) is 0 Å². The minimum Gasteiger partial charge on any atom is -0.357 e. The van der Waals surface area contributed by atoms with Gasteiger partial charge in [0, 0.05) is 25.8 Å². The fourth-order valence-electron chi connectivity index (χ4n) is 1.77. The molecule has 0 aliphatic heterocycles. The normalized spacial score (nSPS) is 11.5. The molecule has 4 nitrogen and oxygen atoms in total. The third-order valence-corrected chi connectivity index (χ3v) is 3.79. The van der Waals surface area contributed by atoms with E-state index in [1.807, 2.05) is 30.1 Å². The second-order valence-corrected chi connectivity index (χ2v) is 6.00. The number of rotatable bonds is 9. The van der Waals surface area contributed by atoms with Crippen molar-refractivity contribution >= 4 is 29.3 Å². The predicted molar refractivity (Wildman–Crippen MR) is 94.5 cm³/mol. The molecule has 0 saturated heterocycles. The lowest BCUT2D eigenvalue weighted by Gasteiger charge is -2.11. The average molecular weight is 329 g/mol. The molecule has 0 aliphatic rings. The zero-order chi connectivity index (χ0) is 15.3. The van der Waals surface area contributed by atoms with Crippen LogP contribution in [0.2, 0.25) is 5.15 Å². The van der Waals surface area contributed by atoms with Crippen molar-refractivity contribution in [2.24, 2.45) is 4.99 Å². The van der Waals surface area contributed by atoms with Gasteiger partial charge in [0.1, 0.15) is 5.15 Å². The lowest BCUT2D eigenvalue weighted by molar-refractivity contribution is 0.770. The molecule has 0 aromatic carbocycles. The standard InChI is InChI=1S/C15H25ClN4S/c1-3-17-15(18-9-4-5-11-21-2)19-10-8-13-6-7-14(16)20-12-13/h6-7,12H,3-5,8-11H2,1-2H3,(H2,17,18,19). The summed E-state index contributed by atoms with van der Waals surface area (Å²) in [6, 6.07) is 3.82. The Hall–Kier alpha value is -0.940. The molecule has 0 spiro atoms. The van der Waals surface area contributed by atoms with Crippen molar-refractivity contribution in [3.8, 4) is 0 Å². The van der Waals surface area contributed by atoms with Gasteiger partial charge in [-0.25, -0.2) is 4.98 Å². The average Bonchev–Trinajstić information content (AvgIpc) is 2.49. The third kappa shape index (κ3) is 8.83. The van der Waals surface area contributed by atoms with Crippen LogP contribution in [-0.2, 0) is 6.42 Å². The highest BCUT2D eigenvalue weighted by atomic mass is 35.5. The summed E-state index contributed by atoms with van der Waals surface area (Å²) >= 11 is 7.66. The lowest BCUT2D eigenvalue weighted by atomic mass is 10.2. The van der Waals surface area contributed by atoms with Crippen molar-refractivity contribution < 1.29 is 0 Å². The fraction of sp³-hybridized carbons (Fsp3) is 0.600. The minimum absolute atomic E-state index is 0.534. The molecular weight excluding hydrogens is 304 g/mol. The molecule has 0 saturated carbocycles. The second-order valence-electron chi connectivity index (χ2n) is 4.63. The van der Waals surface area contributed by atoms with E-state index in [1.165, 1.54) is 17.7 Å². The van der Waals surface area contributed by atoms with Gasteiger partial charge in [0.05, 0.1) is 0 Å². The molecule has 0 bridgehead atoms. The summed E-state index contributed by atoms with van der Waals surface area (Å²) in [6.45, 7) is 4.66. The predicted octanol–water partition coefficient (Wildman–Crippen LogP) is 2.98. The topological polar surface area (TPSA) is 49.3 Å². The van der Waals surface area contributed by atoms with Gasteiger partial charge in [-0.05, 0) is 49.8 Å². The maximum atomic E-state index is 5.77. The van der Waals surface area contributed by atoms with Crippen molar-refractivity contribution in [2.45, 2.75) is 26.2 Å². The van der Waals surface area contributed by atoms with E-state index in [0.29, 0.717) is 5.15 Å². The molecule has 0 radical (unpaired) electrons. The number of aromatic nitrogens is 1. The Morgan fingerprint density at radius 1 is 1.33 bits per heavy atom. The van der Waals surface area contributed by atoms with Gasteiger partial charge < -0.3 is 10.6 Å². The van der Waals surface area contributed by atoms with Gasteiger partial charge in [0.2, 0.25) is 0 Å². The number of halogens is 1. The molecule has 0 aliphatic carbocycles. The van der Waals surface area contributed by atoms with E-state index in [0.717, 1.165) is 38.4 Å². The Morgan fingerprint density at radius 2 is 2.19 bits per heavy atom. The van der Waals surface area contributed by atoms with Crippen LogP contribution in [0.1, 0.15) is 25.3 Å². The second kappa shape index (κ2) is 11.7. The Morgan fingerprint density at radius 3 is 2.86 bits per heavy atom. The van der Waals surface area contributed by atoms with Gasteiger partial charge in [-0.15, -0.1) is 0 Å². The number of pyridine rings is 1. The number of thioether (sulfide) groups is 1. The summed E-state index contributed by atoms with van der Waals surface area (Å²) in [4.78, 5) is 8.66. The minimum atomic E-state index is 0.534. The van der Waals surface area contributed by atoms with Gasteiger partial charge in [0.25, 0.3) is 0 Å².